The van der Waals surface area contributed by atoms with Gasteiger partial charge in [0.2, 0.25) is 0 Å². The second kappa shape index (κ2) is 8.76. The molecule has 0 heterocycles. The van der Waals surface area contributed by atoms with Gasteiger partial charge in [-0.3, -0.25) is 0 Å². The quantitative estimate of drug-likeness (QED) is 0.743. The van der Waals surface area contributed by atoms with E-state index < -0.39 is 0 Å². The lowest BCUT2D eigenvalue weighted by Crippen LogP contribution is -2.39. The highest BCUT2D eigenvalue weighted by atomic mass is 35.5. The van der Waals surface area contributed by atoms with Crippen LogP contribution in [0.15, 0.2) is 42.5 Å². The van der Waals surface area contributed by atoms with Crippen LogP contribution >= 0.6 is 23.8 Å². The Hall–Kier alpha value is -1.98. The Morgan fingerprint density at radius 3 is 2.58 bits per heavy atom. The van der Waals surface area contributed by atoms with E-state index in [1.54, 1.807) is 7.11 Å². The fourth-order valence-corrected chi connectivity index (χ4v) is 2.56. The fourth-order valence-electron chi connectivity index (χ4n) is 2.06. The maximum absolute atomic E-state index is 6.11. The number of benzene rings is 2. The van der Waals surface area contributed by atoms with Crippen LogP contribution in [0.3, 0.4) is 0 Å². The second-order valence-corrected chi connectivity index (χ2v) is 6.24. The van der Waals surface area contributed by atoms with Gasteiger partial charge in [-0.1, -0.05) is 29.8 Å². The Labute approximate surface area is 153 Å². The van der Waals surface area contributed by atoms with E-state index in [0.29, 0.717) is 28.2 Å². The first-order chi connectivity index (χ1) is 11.5. The summed E-state index contributed by atoms with van der Waals surface area (Å²) in [5.74, 6) is 1.41. The number of anilines is 1. The number of ether oxygens (including phenoxy) is 2. The highest BCUT2D eigenvalue weighted by molar-refractivity contribution is 7.80. The molecule has 0 saturated carbocycles. The zero-order valence-corrected chi connectivity index (χ0v) is 15.5. The van der Waals surface area contributed by atoms with E-state index in [0.717, 1.165) is 11.3 Å². The molecule has 0 aromatic heterocycles. The molecule has 0 aliphatic carbocycles. The van der Waals surface area contributed by atoms with Crippen molar-refractivity contribution in [3.05, 3.63) is 53.1 Å². The normalized spacial score (nSPS) is 11.5. The average Bonchev–Trinajstić information content (AvgIpc) is 2.56. The van der Waals surface area contributed by atoms with Crippen LogP contribution < -0.4 is 20.1 Å². The molecule has 0 radical (unpaired) electrons. The highest BCUT2D eigenvalue weighted by Crippen LogP contribution is 2.25. The maximum Gasteiger partial charge on any atom is 0.171 e. The van der Waals surface area contributed by atoms with Crippen LogP contribution in [0.2, 0.25) is 5.02 Å². The van der Waals surface area contributed by atoms with E-state index in [9.17, 15) is 0 Å². The molecular formula is C18H21ClN2O2S. The summed E-state index contributed by atoms with van der Waals surface area (Å²) in [5.41, 5.74) is 1.88. The SMILES string of the molecule is COc1ccccc1OCC(C)NC(=S)Nc1ccc(C)c(Cl)c1. The molecule has 2 aromatic rings. The number of thiocarbonyl (C=S) groups is 1. The summed E-state index contributed by atoms with van der Waals surface area (Å²) in [6.45, 7) is 4.41. The first-order valence-electron chi connectivity index (χ1n) is 7.59. The Bertz CT molecular complexity index is 709. The van der Waals surface area contributed by atoms with Crippen LogP contribution in [0, 0.1) is 6.92 Å². The monoisotopic (exact) mass is 364 g/mol. The van der Waals surface area contributed by atoms with E-state index in [2.05, 4.69) is 10.6 Å². The largest absolute Gasteiger partial charge is 0.493 e. The molecule has 4 nitrogen and oxygen atoms in total. The minimum atomic E-state index is 0.0239. The molecular weight excluding hydrogens is 344 g/mol. The predicted molar refractivity (Wildman–Crippen MR) is 103 cm³/mol. The third-order valence-corrected chi connectivity index (χ3v) is 3.99. The summed E-state index contributed by atoms with van der Waals surface area (Å²) in [5, 5.41) is 7.52. The highest BCUT2D eigenvalue weighted by Gasteiger charge is 2.08. The standard InChI is InChI=1S/C18H21ClN2O2S/c1-12-8-9-14(10-15(12)19)21-18(24)20-13(2)11-23-17-7-5-4-6-16(17)22-3/h4-10,13H,11H2,1-3H3,(H2,20,21,24). The van der Waals surface area contributed by atoms with E-state index in [-0.39, 0.29) is 6.04 Å². The Morgan fingerprint density at radius 1 is 1.21 bits per heavy atom. The van der Waals surface area contributed by atoms with Crippen molar-refractivity contribution in [2.75, 3.05) is 19.0 Å². The Balaban J connectivity index is 1.84. The number of aryl methyl sites for hydroxylation is 1. The van der Waals surface area contributed by atoms with Crippen LogP contribution in [0.4, 0.5) is 5.69 Å². The topological polar surface area (TPSA) is 42.5 Å². The molecule has 0 aliphatic heterocycles. The molecule has 6 heteroatoms. The Kier molecular flexibility index (Phi) is 6.70. The van der Waals surface area contributed by atoms with Crippen molar-refractivity contribution in [2.24, 2.45) is 0 Å². The number of hydrogen-bond acceptors (Lipinski definition) is 3. The number of halogens is 1. The molecule has 24 heavy (non-hydrogen) atoms. The molecule has 2 N–H and O–H groups in total. The third kappa shape index (κ3) is 5.28. The van der Waals surface area contributed by atoms with Gasteiger partial charge in [-0.2, -0.15) is 0 Å². The van der Waals surface area contributed by atoms with Crippen molar-refractivity contribution in [1.82, 2.24) is 5.32 Å². The maximum atomic E-state index is 6.11. The molecule has 128 valence electrons. The van der Waals surface area contributed by atoms with Gasteiger partial charge in [0.05, 0.1) is 13.2 Å². The fraction of sp³-hybridized carbons (Fsp3) is 0.278. The van der Waals surface area contributed by atoms with Gasteiger partial charge in [0, 0.05) is 10.7 Å². The first kappa shape index (κ1) is 18.4. The summed E-state index contributed by atoms with van der Waals surface area (Å²) in [6.07, 6.45) is 0. The lowest BCUT2D eigenvalue weighted by atomic mass is 10.2. The van der Waals surface area contributed by atoms with Gasteiger partial charge in [-0.15, -0.1) is 0 Å². The zero-order chi connectivity index (χ0) is 17.5. The third-order valence-electron chi connectivity index (χ3n) is 3.37. The van der Waals surface area contributed by atoms with Gasteiger partial charge in [-0.05, 0) is 55.9 Å². The molecule has 1 unspecified atom stereocenters. The van der Waals surface area contributed by atoms with Crippen LogP contribution in [-0.2, 0) is 0 Å². The molecule has 0 bridgehead atoms. The number of methoxy groups -OCH3 is 1. The number of hydrogen-bond donors (Lipinski definition) is 2. The van der Waals surface area contributed by atoms with E-state index in [4.69, 9.17) is 33.3 Å². The van der Waals surface area contributed by atoms with Crippen LogP contribution in [0.1, 0.15) is 12.5 Å². The molecule has 0 fully saturated rings. The van der Waals surface area contributed by atoms with Crippen molar-refractivity contribution < 1.29 is 9.47 Å². The van der Waals surface area contributed by atoms with Gasteiger partial charge in [-0.25, -0.2) is 0 Å². The van der Waals surface area contributed by atoms with Crippen molar-refractivity contribution in [3.8, 4) is 11.5 Å². The molecule has 2 rings (SSSR count). The van der Waals surface area contributed by atoms with E-state index in [1.165, 1.54) is 0 Å². The first-order valence-corrected chi connectivity index (χ1v) is 8.37. The average molecular weight is 365 g/mol. The lowest BCUT2D eigenvalue weighted by Gasteiger charge is -2.18. The summed E-state index contributed by atoms with van der Waals surface area (Å²) >= 11 is 11.4. The summed E-state index contributed by atoms with van der Waals surface area (Å²) in [7, 11) is 1.62. The lowest BCUT2D eigenvalue weighted by molar-refractivity contribution is 0.270. The van der Waals surface area contributed by atoms with Crippen molar-refractivity contribution >= 4 is 34.6 Å². The molecule has 0 saturated heterocycles. The minimum Gasteiger partial charge on any atom is -0.493 e. The second-order valence-electron chi connectivity index (χ2n) is 5.43. The van der Waals surface area contributed by atoms with Gasteiger partial charge < -0.3 is 20.1 Å². The molecule has 0 amide bonds. The summed E-state index contributed by atoms with van der Waals surface area (Å²) in [6, 6.07) is 13.3. The number of rotatable bonds is 6. The van der Waals surface area contributed by atoms with E-state index >= 15 is 0 Å². The Morgan fingerprint density at radius 2 is 1.92 bits per heavy atom. The van der Waals surface area contributed by atoms with Gasteiger partial charge in [0.15, 0.2) is 16.6 Å². The van der Waals surface area contributed by atoms with Gasteiger partial charge in [0.1, 0.15) is 6.61 Å². The van der Waals surface area contributed by atoms with Crippen molar-refractivity contribution in [2.45, 2.75) is 19.9 Å². The van der Waals surface area contributed by atoms with Gasteiger partial charge >= 0.3 is 0 Å². The number of para-hydroxylation sites is 2. The number of nitrogens with one attached hydrogen (secondary N) is 2. The van der Waals surface area contributed by atoms with Crippen LogP contribution in [0.5, 0.6) is 11.5 Å². The smallest absolute Gasteiger partial charge is 0.171 e. The summed E-state index contributed by atoms with van der Waals surface area (Å²) in [4.78, 5) is 0. The van der Waals surface area contributed by atoms with Crippen LogP contribution in [0.25, 0.3) is 0 Å². The van der Waals surface area contributed by atoms with Crippen molar-refractivity contribution in [1.29, 1.82) is 0 Å². The van der Waals surface area contributed by atoms with Gasteiger partial charge in [0.25, 0.3) is 0 Å². The molecule has 1 atom stereocenters. The zero-order valence-electron chi connectivity index (χ0n) is 13.9. The van der Waals surface area contributed by atoms with Crippen LogP contribution in [-0.4, -0.2) is 24.9 Å². The predicted octanol–water partition coefficient (Wildman–Crippen LogP) is 4.41. The molecule has 0 aliphatic rings. The van der Waals surface area contributed by atoms with Crippen molar-refractivity contribution in [3.63, 3.8) is 0 Å². The molecule has 0 spiro atoms. The van der Waals surface area contributed by atoms with E-state index in [1.807, 2.05) is 56.3 Å². The molecule has 2 aromatic carbocycles. The minimum absolute atomic E-state index is 0.0239. The summed E-state index contributed by atoms with van der Waals surface area (Å²) < 4.78 is 11.0.